The summed E-state index contributed by atoms with van der Waals surface area (Å²) in [6, 6.07) is 17.5. The highest BCUT2D eigenvalue weighted by atomic mass is 35.5. The van der Waals surface area contributed by atoms with Crippen molar-refractivity contribution in [2.24, 2.45) is 0 Å². The minimum Gasteiger partial charge on any atom is -0.466 e. The quantitative estimate of drug-likeness (QED) is 0.603. The van der Waals surface area contributed by atoms with Crippen LogP contribution in [0.25, 0.3) is 16.9 Å². The smallest absolute Gasteiger partial charge is 0.306 e. The second-order valence-corrected chi connectivity index (χ2v) is 6.03. The molecule has 0 atom stereocenters. The zero-order valence-electron chi connectivity index (χ0n) is 14.0. The molecule has 0 saturated heterocycles. The van der Waals surface area contributed by atoms with E-state index in [0.29, 0.717) is 24.5 Å². The maximum atomic E-state index is 11.7. The van der Waals surface area contributed by atoms with Gasteiger partial charge in [0.2, 0.25) is 0 Å². The highest BCUT2D eigenvalue weighted by molar-refractivity contribution is 6.30. The maximum absolute atomic E-state index is 11.7. The van der Waals surface area contributed by atoms with Crippen LogP contribution in [0, 0.1) is 0 Å². The Kier molecular flexibility index (Phi) is 5.51. The predicted octanol–water partition coefficient (Wildman–Crippen LogP) is 4.69. The van der Waals surface area contributed by atoms with Gasteiger partial charge in [-0.25, -0.2) is 4.68 Å². The molecule has 0 aliphatic carbocycles. The van der Waals surface area contributed by atoms with Crippen molar-refractivity contribution >= 4 is 17.6 Å². The van der Waals surface area contributed by atoms with Crippen LogP contribution in [0.2, 0.25) is 5.02 Å². The lowest BCUT2D eigenvalue weighted by Crippen LogP contribution is -2.05. The number of carbonyl (C=O) groups is 1. The molecule has 1 aromatic heterocycles. The minimum absolute atomic E-state index is 0.197. The molecule has 0 aliphatic heterocycles. The molecular weight excluding hydrogens is 336 g/mol. The largest absolute Gasteiger partial charge is 0.466 e. The number of aromatic nitrogens is 2. The van der Waals surface area contributed by atoms with E-state index in [1.807, 2.05) is 72.4 Å². The van der Waals surface area contributed by atoms with Crippen LogP contribution >= 0.6 is 11.6 Å². The van der Waals surface area contributed by atoms with Crippen molar-refractivity contribution in [3.05, 3.63) is 71.4 Å². The van der Waals surface area contributed by atoms with Gasteiger partial charge in [0.15, 0.2) is 0 Å². The van der Waals surface area contributed by atoms with Gasteiger partial charge in [-0.15, -0.1) is 0 Å². The van der Waals surface area contributed by atoms with Gasteiger partial charge in [-0.3, -0.25) is 4.79 Å². The molecular formula is C20H19ClN2O2. The van der Waals surface area contributed by atoms with E-state index in [1.165, 1.54) is 0 Å². The van der Waals surface area contributed by atoms with Crippen LogP contribution in [0.5, 0.6) is 0 Å². The molecule has 25 heavy (non-hydrogen) atoms. The number of nitrogens with zero attached hydrogens (tertiary/aromatic N) is 2. The number of rotatable bonds is 6. The normalized spacial score (nSPS) is 10.6. The lowest BCUT2D eigenvalue weighted by Gasteiger charge is -2.03. The summed E-state index contributed by atoms with van der Waals surface area (Å²) >= 11 is 5.99. The molecule has 5 heteroatoms. The summed E-state index contributed by atoms with van der Waals surface area (Å²) in [5.74, 6) is -0.197. The van der Waals surface area contributed by atoms with Crippen molar-refractivity contribution in [1.82, 2.24) is 9.78 Å². The number of hydrogen-bond acceptors (Lipinski definition) is 3. The number of para-hydroxylation sites is 1. The number of ether oxygens (including phenoxy) is 1. The molecule has 0 amide bonds. The summed E-state index contributed by atoms with van der Waals surface area (Å²) in [5, 5.41) is 5.41. The monoisotopic (exact) mass is 354 g/mol. The summed E-state index contributed by atoms with van der Waals surface area (Å²) in [7, 11) is 0. The maximum Gasteiger partial charge on any atom is 0.306 e. The summed E-state index contributed by atoms with van der Waals surface area (Å²) in [6.45, 7) is 2.20. The zero-order valence-corrected chi connectivity index (χ0v) is 14.7. The number of hydrogen-bond donors (Lipinski definition) is 0. The van der Waals surface area contributed by atoms with Crippen LogP contribution in [0.15, 0.2) is 60.8 Å². The van der Waals surface area contributed by atoms with Crippen LogP contribution in [-0.2, 0) is 16.0 Å². The van der Waals surface area contributed by atoms with Gasteiger partial charge in [-0.1, -0.05) is 41.9 Å². The first-order valence-electron chi connectivity index (χ1n) is 8.23. The predicted molar refractivity (Wildman–Crippen MR) is 99.0 cm³/mol. The SMILES string of the molecule is CCOC(=O)CCc1cn(-c2ccccc2)nc1-c1ccc(Cl)cc1. The first kappa shape index (κ1) is 17.2. The van der Waals surface area contributed by atoms with E-state index in [9.17, 15) is 4.79 Å². The van der Waals surface area contributed by atoms with Crippen LogP contribution in [0.1, 0.15) is 18.9 Å². The Labute approximate surface area is 152 Å². The Morgan fingerprint density at radius 3 is 2.52 bits per heavy atom. The summed E-state index contributed by atoms with van der Waals surface area (Å²) in [5.41, 5.74) is 3.79. The molecule has 0 saturated carbocycles. The van der Waals surface area contributed by atoms with E-state index in [4.69, 9.17) is 21.4 Å². The van der Waals surface area contributed by atoms with E-state index < -0.39 is 0 Å². The fraction of sp³-hybridized carbons (Fsp3) is 0.200. The van der Waals surface area contributed by atoms with Gasteiger partial charge in [0.25, 0.3) is 0 Å². The van der Waals surface area contributed by atoms with E-state index in [0.717, 1.165) is 22.5 Å². The molecule has 4 nitrogen and oxygen atoms in total. The molecule has 3 aromatic rings. The van der Waals surface area contributed by atoms with Crippen molar-refractivity contribution in [2.75, 3.05) is 6.61 Å². The van der Waals surface area contributed by atoms with E-state index in [1.54, 1.807) is 0 Å². The zero-order chi connectivity index (χ0) is 17.6. The van der Waals surface area contributed by atoms with Crippen LogP contribution in [-0.4, -0.2) is 22.4 Å². The molecule has 128 valence electrons. The highest BCUT2D eigenvalue weighted by Crippen LogP contribution is 2.26. The number of benzene rings is 2. The van der Waals surface area contributed by atoms with Crippen LogP contribution < -0.4 is 0 Å². The molecule has 0 unspecified atom stereocenters. The molecule has 1 heterocycles. The van der Waals surface area contributed by atoms with E-state index >= 15 is 0 Å². The van der Waals surface area contributed by atoms with Gasteiger partial charge in [0.05, 0.1) is 18.0 Å². The first-order chi connectivity index (χ1) is 12.2. The van der Waals surface area contributed by atoms with Crippen molar-refractivity contribution in [1.29, 1.82) is 0 Å². The molecule has 0 N–H and O–H groups in total. The third kappa shape index (κ3) is 4.28. The van der Waals surface area contributed by atoms with Gasteiger partial charge in [-0.05, 0) is 43.2 Å². The Balaban J connectivity index is 1.94. The van der Waals surface area contributed by atoms with Gasteiger partial charge >= 0.3 is 5.97 Å². The van der Waals surface area contributed by atoms with Gasteiger partial charge in [-0.2, -0.15) is 5.10 Å². The average Bonchev–Trinajstić information content (AvgIpc) is 3.06. The van der Waals surface area contributed by atoms with Crippen LogP contribution in [0.3, 0.4) is 0 Å². The topological polar surface area (TPSA) is 44.1 Å². The average molecular weight is 355 g/mol. The molecule has 0 aliphatic rings. The summed E-state index contributed by atoms with van der Waals surface area (Å²) in [6.07, 6.45) is 2.87. The molecule has 0 bridgehead atoms. The van der Waals surface area contributed by atoms with E-state index in [-0.39, 0.29) is 5.97 Å². The lowest BCUT2D eigenvalue weighted by atomic mass is 10.0. The standard InChI is InChI=1S/C20H19ClN2O2/c1-2-25-19(24)13-10-16-14-23(18-6-4-3-5-7-18)22-20(16)15-8-11-17(21)12-9-15/h3-9,11-12,14H,2,10,13H2,1H3. The number of aryl methyl sites for hydroxylation is 1. The number of halogens is 1. The molecule has 0 radical (unpaired) electrons. The number of esters is 1. The Morgan fingerprint density at radius 1 is 1.12 bits per heavy atom. The molecule has 0 fully saturated rings. The molecule has 2 aromatic carbocycles. The third-order valence-electron chi connectivity index (χ3n) is 3.83. The second kappa shape index (κ2) is 7.99. The highest BCUT2D eigenvalue weighted by Gasteiger charge is 2.14. The van der Waals surface area contributed by atoms with Crippen molar-refractivity contribution in [3.8, 4) is 16.9 Å². The van der Waals surface area contributed by atoms with Gasteiger partial charge in [0, 0.05) is 23.2 Å². The van der Waals surface area contributed by atoms with Gasteiger partial charge < -0.3 is 4.74 Å². The fourth-order valence-corrected chi connectivity index (χ4v) is 2.75. The van der Waals surface area contributed by atoms with Gasteiger partial charge in [0.1, 0.15) is 0 Å². The molecule has 3 rings (SSSR count). The minimum atomic E-state index is -0.197. The lowest BCUT2D eigenvalue weighted by molar-refractivity contribution is -0.143. The summed E-state index contributed by atoms with van der Waals surface area (Å²) in [4.78, 5) is 11.7. The Morgan fingerprint density at radius 2 is 1.84 bits per heavy atom. The fourth-order valence-electron chi connectivity index (χ4n) is 2.63. The Hall–Kier alpha value is -2.59. The number of carbonyl (C=O) groups excluding carboxylic acids is 1. The van der Waals surface area contributed by atoms with E-state index in [2.05, 4.69) is 0 Å². The van der Waals surface area contributed by atoms with Crippen molar-refractivity contribution in [2.45, 2.75) is 19.8 Å². The first-order valence-corrected chi connectivity index (χ1v) is 8.60. The Bertz CT molecular complexity index is 842. The van der Waals surface area contributed by atoms with Crippen LogP contribution in [0.4, 0.5) is 0 Å². The molecule has 0 spiro atoms. The van der Waals surface area contributed by atoms with Crippen molar-refractivity contribution in [3.63, 3.8) is 0 Å². The third-order valence-corrected chi connectivity index (χ3v) is 4.08. The van der Waals surface area contributed by atoms with Crippen molar-refractivity contribution < 1.29 is 9.53 Å². The summed E-state index contributed by atoms with van der Waals surface area (Å²) < 4.78 is 6.87. The second-order valence-electron chi connectivity index (χ2n) is 5.59.